The molecule has 0 radical (unpaired) electrons. The molecule has 6 heteroatoms. The Balaban J connectivity index is 0.00000160. The number of benzene rings is 2. The van der Waals surface area contributed by atoms with Crippen molar-refractivity contribution in [3.63, 3.8) is 0 Å². The van der Waals surface area contributed by atoms with Crippen molar-refractivity contribution < 1.29 is 56.7 Å². The Hall–Kier alpha value is -0.930. The summed E-state index contributed by atoms with van der Waals surface area (Å²) in [5.74, 6) is 2.16. The van der Waals surface area contributed by atoms with Crippen LogP contribution in [-0.4, -0.2) is 19.1 Å². The van der Waals surface area contributed by atoms with Gasteiger partial charge in [0.2, 0.25) is 0 Å². The van der Waals surface area contributed by atoms with E-state index < -0.39 is 31.1 Å². The molecule has 4 rings (SSSR count). The van der Waals surface area contributed by atoms with Crippen LogP contribution in [0, 0.1) is 0 Å². The molecule has 0 N–H and O–H groups in total. The van der Waals surface area contributed by atoms with Crippen LogP contribution in [0.2, 0.25) is 19.6 Å². The zero-order chi connectivity index (χ0) is 19.9. The Bertz CT molecular complexity index is 1010. The van der Waals surface area contributed by atoms with E-state index in [1.54, 1.807) is 7.11 Å². The van der Waals surface area contributed by atoms with Crippen LogP contribution < -0.4 is 24.8 Å². The fraction of sp³-hybridized carbons (Fsp3) is 0.292. The van der Waals surface area contributed by atoms with Crippen molar-refractivity contribution in [3.8, 4) is 0 Å². The summed E-state index contributed by atoms with van der Waals surface area (Å²) in [5.41, 5.74) is 5.34. The summed E-state index contributed by atoms with van der Waals surface area (Å²) in [6.07, 6.45) is 4.77. The number of rotatable bonds is 5. The predicted octanol–water partition coefficient (Wildman–Crippen LogP) is -0.215. The first-order valence-electron chi connectivity index (χ1n) is 9.82. The Labute approximate surface area is 204 Å². The van der Waals surface area contributed by atoms with Crippen LogP contribution in [0.15, 0.2) is 60.4 Å². The maximum Gasteiger partial charge on any atom is -1.00 e. The minimum atomic E-state index is -1.78. The molecule has 2 nitrogen and oxygen atoms in total. The third-order valence-corrected chi connectivity index (χ3v) is 9.88. The van der Waals surface area contributed by atoms with Crippen LogP contribution in [0.1, 0.15) is 35.1 Å². The van der Waals surface area contributed by atoms with E-state index in [4.69, 9.17) is 9.16 Å². The van der Waals surface area contributed by atoms with Gasteiger partial charge < -0.3 is 24.8 Å². The molecule has 157 valence electrons. The first-order chi connectivity index (χ1) is 13.4. The monoisotopic (exact) mass is 535 g/mol. The van der Waals surface area contributed by atoms with Gasteiger partial charge in [-0.25, -0.2) is 0 Å². The van der Waals surface area contributed by atoms with E-state index in [0.29, 0.717) is 0 Å². The van der Waals surface area contributed by atoms with Gasteiger partial charge in [-0.1, -0.05) is 0 Å². The van der Waals surface area contributed by atoms with Gasteiger partial charge in [0, 0.05) is 0 Å². The van der Waals surface area contributed by atoms with Crippen LogP contribution in [0.4, 0.5) is 0 Å². The van der Waals surface area contributed by atoms with Gasteiger partial charge >= 0.3 is 181 Å². The molecule has 2 aromatic carbocycles. The first kappa shape index (κ1) is 25.3. The van der Waals surface area contributed by atoms with Gasteiger partial charge in [-0.15, -0.1) is 0 Å². The van der Waals surface area contributed by atoms with Gasteiger partial charge in [0.25, 0.3) is 0 Å². The SMILES string of the molecule is C[CH]=[Zr+2][C]1(C2C(OC)=C(O[Si](C)(C)C)c3ccccc32)C=Cc2ccccc21.[Cl-].[Cl-]. The minimum absolute atomic E-state index is 0. The molecule has 2 aromatic rings. The zero-order valence-corrected chi connectivity index (χ0v) is 23.0. The maximum absolute atomic E-state index is 6.61. The summed E-state index contributed by atoms with van der Waals surface area (Å²) < 4.78 is 15.2. The average Bonchev–Trinajstić information content (AvgIpc) is 3.18. The van der Waals surface area contributed by atoms with Crippen LogP contribution in [-0.2, 0) is 35.0 Å². The normalized spacial score (nSPS) is 21.4. The second-order valence-corrected chi connectivity index (χ2v) is 16.9. The number of hydrogen-bond acceptors (Lipinski definition) is 2. The van der Waals surface area contributed by atoms with E-state index in [2.05, 4.69) is 91.0 Å². The second-order valence-electron chi connectivity index (χ2n) is 8.35. The molecule has 2 aliphatic rings. The molecule has 2 aliphatic carbocycles. The molecule has 0 saturated carbocycles. The summed E-state index contributed by atoms with van der Waals surface area (Å²) in [6.45, 7) is 8.93. The molecule has 0 bridgehead atoms. The third kappa shape index (κ3) is 4.21. The number of ether oxygens (including phenoxy) is 1. The van der Waals surface area contributed by atoms with Crippen molar-refractivity contribution in [1.29, 1.82) is 0 Å². The van der Waals surface area contributed by atoms with Crippen molar-refractivity contribution >= 4 is 23.9 Å². The summed E-state index contributed by atoms with van der Waals surface area (Å²) in [4.78, 5) is 0. The third-order valence-electron chi connectivity index (χ3n) is 5.40. The largest absolute Gasteiger partial charge is 1.00 e. The molecule has 30 heavy (non-hydrogen) atoms. The molecule has 0 spiro atoms. The van der Waals surface area contributed by atoms with E-state index in [-0.39, 0.29) is 33.9 Å². The molecule has 0 amide bonds. The Kier molecular flexibility index (Phi) is 8.18. The Morgan fingerprint density at radius 1 is 1.00 bits per heavy atom. The van der Waals surface area contributed by atoms with Gasteiger partial charge in [0.1, 0.15) is 0 Å². The zero-order valence-electron chi connectivity index (χ0n) is 18.0. The quantitative estimate of drug-likeness (QED) is 0.492. The molecule has 0 saturated heterocycles. The first-order valence-corrected chi connectivity index (χ1v) is 15.9. The standard InChI is InChI=1S/C22H23O2Si.C2H4.2ClH.Zr/c1-23-22-20(18-14-13-15-9-5-6-10-16(15)18)17-11-7-8-12-19(17)21(22)24-25(2,3)4;1-2;;;/h5-14,20H,1-4H3;1H,2H3;2*1H;/q;;;;+2/p-2. The van der Waals surface area contributed by atoms with Gasteiger partial charge in [-0.05, 0) is 0 Å². The van der Waals surface area contributed by atoms with Crippen molar-refractivity contribution in [2.45, 2.75) is 35.6 Å². The number of halogens is 2. The van der Waals surface area contributed by atoms with Crippen molar-refractivity contribution in [3.05, 3.63) is 82.6 Å². The Morgan fingerprint density at radius 2 is 1.67 bits per heavy atom. The van der Waals surface area contributed by atoms with Crippen LogP contribution in [0.3, 0.4) is 0 Å². The fourth-order valence-electron chi connectivity index (χ4n) is 4.46. The minimum Gasteiger partial charge on any atom is -1.00 e. The summed E-state index contributed by atoms with van der Waals surface area (Å²) in [5, 5.41) is 0. The van der Waals surface area contributed by atoms with Gasteiger partial charge in [0.15, 0.2) is 0 Å². The van der Waals surface area contributed by atoms with E-state index in [9.17, 15) is 0 Å². The van der Waals surface area contributed by atoms with Crippen LogP contribution in [0.5, 0.6) is 0 Å². The van der Waals surface area contributed by atoms with Crippen LogP contribution >= 0.6 is 0 Å². The van der Waals surface area contributed by atoms with E-state index >= 15 is 0 Å². The molecule has 0 fully saturated rings. The molecule has 2 unspecified atom stereocenters. The topological polar surface area (TPSA) is 18.5 Å². The number of fused-ring (bicyclic) bond motifs is 2. The molecule has 2 atom stereocenters. The Morgan fingerprint density at radius 3 is 2.33 bits per heavy atom. The smallest absolute Gasteiger partial charge is 1.00 e. The average molecular weight is 538 g/mol. The van der Waals surface area contributed by atoms with Gasteiger partial charge in [-0.3, -0.25) is 0 Å². The van der Waals surface area contributed by atoms with Crippen LogP contribution in [0.25, 0.3) is 11.8 Å². The number of methoxy groups -OCH3 is 1. The van der Waals surface area contributed by atoms with E-state index in [1.165, 1.54) is 22.3 Å². The molecule has 0 aliphatic heterocycles. The van der Waals surface area contributed by atoms with Crippen molar-refractivity contribution in [2.24, 2.45) is 0 Å². The second kappa shape index (κ2) is 9.69. The van der Waals surface area contributed by atoms with Crippen molar-refractivity contribution in [2.75, 3.05) is 7.11 Å². The van der Waals surface area contributed by atoms with E-state index in [0.717, 1.165) is 11.5 Å². The fourth-order valence-corrected chi connectivity index (χ4v) is 8.96. The molecule has 0 aromatic heterocycles. The maximum atomic E-state index is 6.61. The predicted molar refractivity (Wildman–Crippen MR) is 116 cm³/mol. The van der Waals surface area contributed by atoms with E-state index in [1.807, 2.05) is 0 Å². The van der Waals surface area contributed by atoms with Gasteiger partial charge in [-0.2, -0.15) is 0 Å². The summed E-state index contributed by atoms with van der Waals surface area (Å²) >= 11 is -0.901. The van der Waals surface area contributed by atoms with Crippen molar-refractivity contribution in [1.82, 2.24) is 0 Å². The summed E-state index contributed by atoms with van der Waals surface area (Å²) in [6, 6.07) is 17.6. The summed E-state index contributed by atoms with van der Waals surface area (Å²) in [7, 11) is 0.0240. The number of hydrogen-bond donors (Lipinski definition) is 0. The number of allylic oxidation sites excluding steroid dienone is 2. The molecular weight excluding hydrogens is 510 g/mol. The van der Waals surface area contributed by atoms with Gasteiger partial charge in [0.05, 0.1) is 0 Å². The molecular formula is C24H27Cl2O2SiZr. The molecule has 0 heterocycles.